The van der Waals surface area contributed by atoms with Gasteiger partial charge in [-0.15, -0.1) is 0 Å². The van der Waals surface area contributed by atoms with E-state index in [1.807, 2.05) is 45.9 Å². The molecule has 3 heterocycles. The van der Waals surface area contributed by atoms with Gasteiger partial charge in [0.15, 0.2) is 5.82 Å². The van der Waals surface area contributed by atoms with Crippen LogP contribution in [0.3, 0.4) is 0 Å². The van der Waals surface area contributed by atoms with Crippen LogP contribution in [0, 0.1) is 33.8 Å². The fourth-order valence-corrected chi connectivity index (χ4v) is 9.38. The Morgan fingerprint density at radius 3 is 2.29 bits per heavy atom. The van der Waals surface area contributed by atoms with Gasteiger partial charge in [-0.3, -0.25) is 34.2 Å². The average Bonchev–Trinajstić information content (AvgIpc) is 3.43. The van der Waals surface area contributed by atoms with E-state index in [4.69, 9.17) is 16.3 Å². The molecule has 13 nitrogen and oxygen atoms in total. The van der Waals surface area contributed by atoms with E-state index in [-0.39, 0.29) is 42.6 Å². The standard InChI is InChI=1S/C42H44ClF2N7O6/c1-41(2)39(42(3,4)40(41)58-26-10-7-23(21-46)28(43)19-26)50-35(54)22-5-8-24(9-6-22)47-15-16-48-25-13-17-51(18-14-25)34-29(44)20-27-32(33(34)45)38(57)52(37(27)56)30-11-12-31(53)49-36(30)55/h5-10,19-20,25,30,39-40,47-48H,11-18H2,1-4H3,(H,50,54)(H,49,53,55). The van der Waals surface area contributed by atoms with Gasteiger partial charge in [0.1, 0.15) is 35.5 Å². The van der Waals surface area contributed by atoms with E-state index in [1.165, 1.54) is 4.90 Å². The number of ether oxygens (including phenoxy) is 1. The number of halogens is 3. The summed E-state index contributed by atoms with van der Waals surface area (Å²) in [5, 5.41) is 21.6. The molecule has 4 N–H and O–H groups in total. The number of carbonyl (C=O) groups excluding carboxylic acids is 5. The molecule has 3 fully saturated rings. The number of nitriles is 1. The lowest BCUT2D eigenvalue weighted by molar-refractivity contribution is -0.164. The van der Waals surface area contributed by atoms with Gasteiger partial charge in [0, 0.05) is 72.8 Å². The lowest BCUT2D eigenvalue weighted by Crippen LogP contribution is -2.74. The normalized spacial score (nSPS) is 22.5. The number of imide groups is 2. The summed E-state index contributed by atoms with van der Waals surface area (Å²) in [4.78, 5) is 65.7. The Balaban J connectivity index is 0.866. The van der Waals surface area contributed by atoms with Crippen LogP contribution in [-0.2, 0) is 9.59 Å². The monoisotopic (exact) mass is 815 g/mol. The number of carbonyl (C=O) groups is 5. The molecular formula is C42H44ClF2N7O6. The van der Waals surface area contributed by atoms with Crippen molar-refractivity contribution in [1.29, 1.82) is 5.26 Å². The molecule has 3 aromatic rings. The fraction of sp³-hybridized carbons (Fsp3) is 0.429. The number of hydrogen-bond acceptors (Lipinski definition) is 10. The van der Waals surface area contributed by atoms with Crippen molar-refractivity contribution >= 4 is 52.5 Å². The molecule has 1 unspecified atom stereocenters. The Bertz CT molecular complexity index is 2220. The summed E-state index contributed by atoms with van der Waals surface area (Å²) in [5.41, 5.74) is -0.463. The zero-order chi connectivity index (χ0) is 41.7. The van der Waals surface area contributed by atoms with Crippen LogP contribution in [-0.4, -0.2) is 84.8 Å². The number of hydrogen-bond donors (Lipinski definition) is 4. The third-order valence-electron chi connectivity index (χ3n) is 11.9. The third kappa shape index (κ3) is 7.35. The van der Waals surface area contributed by atoms with Gasteiger partial charge in [-0.2, -0.15) is 5.26 Å². The van der Waals surface area contributed by atoms with E-state index < -0.39 is 63.3 Å². The summed E-state index contributed by atoms with van der Waals surface area (Å²) >= 11 is 6.22. The fourth-order valence-electron chi connectivity index (χ4n) is 9.17. The van der Waals surface area contributed by atoms with Crippen molar-refractivity contribution in [3.8, 4) is 11.8 Å². The predicted molar refractivity (Wildman–Crippen MR) is 211 cm³/mol. The first-order chi connectivity index (χ1) is 27.5. The van der Waals surface area contributed by atoms with E-state index in [0.29, 0.717) is 65.8 Å². The van der Waals surface area contributed by atoms with Crippen LogP contribution in [0.1, 0.15) is 90.0 Å². The Morgan fingerprint density at radius 2 is 1.66 bits per heavy atom. The minimum absolute atomic E-state index is 0.0721. The highest BCUT2D eigenvalue weighted by Crippen LogP contribution is 2.55. The van der Waals surface area contributed by atoms with Gasteiger partial charge >= 0.3 is 0 Å². The third-order valence-corrected chi connectivity index (χ3v) is 12.2. The highest BCUT2D eigenvalue weighted by atomic mass is 35.5. The molecule has 1 saturated carbocycles. The van der Waals surface area contributed by atoms with Crippen LogP contribution >= 0.6 is 11.6 Å². The van der Waals surface area contributed by atoms with Crippen molar-refractivity contribution in [2.75, 3.05) is 36.4 Å². The summed E-state index contributed by atoms with van der Waals surface area (Å²) < 4.78 is 37.6. The number of fused-ring (bicyclic) bond motifs is 1. The van der Waals surface area contributed by atoms with Crippen molar-refractivity contribution in [2.45, 2.75) is 77.6 Å². The van der Waals surface area contributed by atoms with Gasteiger partial charge in [0.2, 0.25) is 11.8 Å². The number of piperidine rings is 2. The van der Waals surface area contributed by atoms with Crippen LogP contribution < -0.4 is 30.9 Å². The lowest BCUT2D eigenvalue weighted by atomic mass is 9.49. The van der Waals surface area contributed by atoms with Crippen LogP contribution in [0.4, 0.5) is 20.2 Å². The number of benzene rings is 3. The number of rotatable bonds is 11. The van der Waals surface area contributed by atoms with E-state index in [9.17, 15) is 29.2 Å². The SMILES string of the molecule is CC1(C)C(NC(=O)c2ccc(NCCNC3CCN(c4c(F)cc5c(c4F)C(=O)N(C4CCC(=O)NC4=O)C5=O)CC3)cc2)C(C)(C)C1Oc1ccc(C#N)c(Cl)c1. The number of amides is 5. The molecule has 1 aliphatic carbocycles. The Morgan fingerprint density at radius 1 is 0.966 bits per heavy atom. The molecule has 16 heteroatoms. The van der Waals surface area contributed by atoms with Gasteiger partial charge in [-0.05, 0) is 61.7 Å². The lowest BCUT2D eigenvalue weighted by Gasteiger charge is -2.63. The summed E-state index contributed by atoms with van der Waals surface area (Å²) in [6.45, 7) is 9.97. The van der Waals surface area contributed by atoms with Crippen LogP contribution in [0.5, 0.6) is 5.75 Å². The second-order valence-electron chi connectivity index (χ2n) is 16.4. The molecule has 2 saturated heterocycles. The molecule has 0 bridgehead atoms. The first-order valence-electron chi connectivity index (χ1n) is 19.3. The zero-order valence-electron chi connectivity index (χ0n) is 32.5. The van der Waals surface area contributed by atoms with Gasteiger partial charge in [-0.25, -0.2) is 8.78 Å². The average molecular weight is 816 g/mol. The molecule has 5 amide bonds. The molecule has 3 aromatic carbocycles. The first kappa shape index (κ1) is 40.6. The van der Waals surface area contributed by atoms with Crippen molar-refractivity contribution in [1.82, 2.24) is 20.9 Å². The molecule has 0 spiro atoms. The topological polar surface area (TPSA) is 173 Å². The van der Waals surface area contributed by atoms with Crippen LogP contribution in [0.2, 0.25) is 5.02 Å². The van der Waals surface area contributed by atoms with Crippen molar-refractivity contribution in [3.05, 3.63) is 87.4 Å². The largest absolute Gasteiger partial charge is 0.489 e. The summed E-state index contributed by atoms with van der Waals surface area (Å²) in [7, 11) is 0. The maximum Gasteiger partial charge on any atom is 0.265 e. The van der Waals surface area contributed by atoms with Crippen molar-refractivity contribution in [2.24, 2.45) is 10.8 Å². The molecule has 3 aliphatic heterocycles. The van der Waals surface area contributed by atoms with Crippen LogP contribution in [0.25, 0.3) is 0 Å². The maximum absolute atomic E-state index is 15.9. The second-order valence-corrected chi connectivity index (χ2v) is 16.8. The number of nitrogens with one attached hydrogen (secondary N) is 4. The highest BCUT2D eigenvalue weighted by molar-refractivity contribution is 6.31. The highest BCUT2D eigenvalue weighted by Gasteiger charge is 2.64. The minimum Gasteiger partial charge on any atom is -0.489 e. The van der Waals surface area contributed by atoms with Gasteiger partial charge in [-0.1, -0.05) is 39.3 Å². The Labute approximate surface area is 339 Å². The summed E-state index contributed by atoms with van der Waals surface area (Å²) in [5.74, 6) is -5.09. The Kier molecular flexibility index (Phi) is 10.9. The van der Waals surface area contributed by atoms with Crippen LogP contribution in [0.15, 0.2) is 48.5 Å². The second kappa shape index (κ2) is 15.6. The van der Waals surface area contributed by atoms with E-state index >= 15 is 8.78 Å². The quantitative estimate of drug-likeness (QED) is 0.149. The minimum atomic E-state index is -1.28. The van der Waals surface area contributed by atoms with Crippen molar-refractivity contribution < 1.29 is 37.5 Å². The molecule has 1 atom stereocenters. The van der Waals surface area contributed by atoms with E-state index in [0.717, 1.165) is 11.8 Å². The molecule has 4 aliphatic rings. The van der Waals surface area contributed by atoms with Gasteiger partial charge in [0.25, 0.3) is 17.7 Å². The number of anilines is 2. The zero-order valence-corrected chi connectivity index (χ0v) is 33.3. The smallest absolute Gasteiger partial charge is 0.265 e. The molecule has 58 heavy (non-hydrogen) atoms. The maximum atomic E-state index is 15.9. The number of nitrogens with zero attached hydrogens (tertiary/aromatic N) is 3. The molecule has 7 rings (SSSR count). The van der Waals surface area contributed by atoms with Crippen molar-refractivity contribution in [3.63, 3.8) is 0 Å². The van der Waals surface area contributed by atoms with Gasteiger partial charge < -0.3 is 25.6 Å². The molecule has 0 aromatic heterocycles. The van der Waals surface area contributed by atoms with E-state index in [2.05, 4.69) is 21.3 Å². The molecule has 0 radical (unpaired) electrons. The van der Waals surface area contributed by atoms with E-state index in [1.54, 1.807) is 30.3 Å². The Hall–Kier alpha value is -5.59. The summed E-state index contributed by atoms with van der Waals surface area (Å²) in [6, 6.07) is 13.7. The first-order valence-corrected chi connectivity index (χ1v) is 19.6. The summed E-state index contributed by atoms with van der Waals surface area (Å²) in [6.07, 6.45) is 0.738. The predicted octanol–water partition coefficient (Wildman–Crippen LogP) is 5.17. The molecular weight excluding hydrogens is 772 g/mol. The van der Waals surface area contributed by atoms with Gasteiger partial charge in [0.05, 0.1) is 21.7 Å². The molecule has 304 valence electrons.